The van der Waals surface area contributed by atoms with E-state index in [2.05, 4.69) is 12.2 Å². The number of ether oxygens (including phenoxy) is 4. The molecule has 1 spiro atoms. The van der Waals surface area contributed by atoms with E-state index in [1.54, 1.807) is 7.11 Å². The molecule has 0 radical (unpaired) electrons. The number of methoxy groups -OCH3 is 1. The molecule has 2 heterocycles. The summed E-state index contributed by atoms with van der Waals surface area (Å²) < 4.78 is 25.1. The van der Waals surface area contributed by atoms with E-state index < -0.39 is 6.10 Å². The Kier molecular flexibility index (Phi) is 11.4. The summed E-state index contributed by atoms with van der Waals surface area (Å²) in [7, 11) is 1.69. The summed E-state index contributed by atoms with van der Waals surface area (Å²) in [5, 5.41) is 35.3. The fourth-order valence-corrected chi connectivity index (χ4v) is 13.5. The van der Waals surface area contributed by atoms with E-state index in [9.17, 15) is 20.1 Å². The molecule has 7 fully saturated rings. The highest BCUT2D eigenvalue weighted by molar-refractivity contribution is 5.65. The van der Waals surface area contributed by atoms with Crippen molar-refractivity contribution in [2.24, 2.45) is 70.3 Å². The van der Waals surface area contributed by atoms with E-state index in [4.69, 9.17) is 24.7 Å². The second-order valence-electron chi connectivity index (χ2n) is 17.8. The summed E-state index contributed by atoms with van der Waals surface area (Å²) in [6, 6.07) is 0. The lowest BCUT2D eigenvalue weighted by atomic mass is 9.45. The second kappa shape index (κ2) is 15.2. The molecule has 14 unspecified atom stereocenters. The molecule has 6 N–H and O–H groups in total. The molecule has 2 saturated heterocycles. The number of hydrogen-bond donors (Lipinski definition) is 5. The van der Waals surface area contributed by atoms with Gasteiger partial charge in [-0.25, -0.2) is 0 Å². The van der Waals surface area contributed by atoms with Crippen LogP contribution in [0.4, 0.5) is 0 Å². The Hall–Kier alpha value is -0.850. The molecule has 7 aliphatic rings. The Morgan fingerprint density at radius 2 is 1.78 bits per heavy atom. The Labute approximate surface area is 293 Å². The minimum atomic E-state index is -0.456. The number of rotatable bonds is 9. The van der Waals surface area contributed by atoms with E-state index in [0.29, 0.717) is 66.8 Å². The maximum absolute atomic E-state index is 12.2. The van der Waals surface area contributed by atoms with Crippen LogP contribution in [0, 0.1) is 64.6 Å². The maximum atomic E-state index is 12.2. The molecule has 10 heteroatoms. The number of nitrogens with one attached hydrogen (secondary N) is 1. The maximum Gasteiger partial charge on any atom is 0.302 e. The van der Waals surface area contributed by atoms with Crippen LogP contribution in [0.15, 0.2) is 0 Å². The van der Waals surface area contributed by atoms with Crippen molar-refractivity contribution in [3.63, 3.8) is 0 Å². The quantitative estimate of drug-likeness (QED) is 0.178. The molecule has 0 amide bonds. The van der Waals surface area contributed by atoms with Gasteiger partial charge in [-0.15, -0.1) is 0 Å². The number of aliphatic hydroxyl groups is 3. The lowest BCUT2D eigenvalue weighted by Crippen LogP contribution is -2.59. The smallest absolute Gasteiger partial charge is 0.302 e. The Balaban J connectivity index is 1.19. The van der Waals surface area contributed by atoms with Crippen molar-refractivity contribution in [2.75, 3.05) is 27.1 Å². The normalized spacial score (nSPS) is 51.2. The van der Waals surface area contributed by atoms with Crippen LogP contribution in [-0.4, -0.2) is 91.1 Å². The number of carbonyl (C=O) groups is 1. The van der Waals surface area contributed by atoms with Gasteiger partial charge in [0, 0.05) is 20.0 Å². The van der Waals surface area contributed by atoms with Crippen LogP contribution >= 0.6 is 0 Å². The summed E-state index contributed by atoms with van der Waals surface area (Å²) in [5.41, 5.74) is 6.56. The van der Waals surface area contributed by atoms with Crippen molar-refractivity contribution >= 4 is 5.97 Å². The highest BCUT2D eigenvalue weighted by atomic mass is 16.6. The molecule has 0 aromatic rings. The summed E-state index contributed by atoms with van der Waals surface area (Å²) in [4.78, 5) is 12.2. The summed E-state index contributed by atoms with van der Waals surface area (Å²) in [5.74, 6) is 3.78. The third-order valence-electron chi connectivity index (χ3n) is 15.3. The molecular formula is C39H66N2O8. The molecule has 49 heavy (non-hydrogen) atoms. The standard InChI is InChI=1S/C39H66N2O8/c1-4-24-12-23(18-41-38(24)40)11-22-9-10-39(16-22)17-26-13-27(44)15-33(48-20-42)34(26)29-7-6-28-30(19-47-21(2)43)36(49-37(28)35(29)39)25-5-8-31(45)32(14-25)46-3/h22-38,41-42,44-45H,4-20,40H2,1-3H3/t22-,23?,24?,25?,26?,27?,28?,29?,30+,31?,32?,33?,34?,35?,36-,37?,38?,39-/m1/s1. The van der Waals surface area contributed by atoms with Gasteiger partial charge >= 0.3 is 5.97 Å². The minimum absolute atomic E-state index is 0.0358. The highest BCUT2D eigenvalue weighted by Gasteiger charge is 2.65. The molecule has 280 valence electrons. The van der Waals surface area contributed by atoms with Crippen LogP contribution in [0.1, 0.15) is 104 Å². The first-order chi connectivity index (χ1) is 23.6. The van der Waals surface area contributed by atoms with E-state index in [1.165, 1.54) is 39.0 Å². The van der Waals surface area contributed by atoms with E-state index in [1.807, 2.05) is 0 Å². The zero-order chi connectivity index (χ0) is 34.4. The SMILES string of the molecule is CCC1CC(C[C@H]2CC[C@]3(CC4CC(O)CC(OCO)C4C4CCC5C(O[C@H](C6CCC(O)C(OC)C6)[C@H]5COC(C)=O)C43)C2)CNC1N. The third-order valence-corrected chi connectivity index (χ3v) is 15.3. The lowest BCUT2D eigenvalue weighted by molar-refractivity contribution is -0.206. The number of aliphatic hydroxyl groups excluding tert-OH is 3. The summed E-state index contributed by atoms with van der Waals surface area (Å²) in [6.45, 7) is 4.85. The van der Waals surface area contributed by atoms with Crippen molar-refractivity contribution in [3.05, 3.63) is 0 Å². The fourth-order valence-electron chi connectivity index (χ4n) is 13.5. The molecule has 2 aliphatic heterocycles. The van der Waals surface area contributed by atoms with Gasteiger partial charge < -0.3 is 45.3 Å². The van der Waals surface area contributed by atoms with Gasteiger partial charge in [0.25, 0.3) is 0 Å². The van der Waals surface area contributed by atoms with Crippen LogP contribution in [0.2, 0.25) is 0 Å². The summed E-state index contributed by atoms with van der Waals surface area (Å²) in [6.07, 6.45) is 13.2. The number of piperidine rings is 1. The number of fused-ring (bicyclic) bond motifs is 6. The predicted octanol–water partition coefficient (Wildman–Crippen LogP) is 3.97. The molecule has 0 aromatic heterocycles. The van der Waals surface area contributed by atoms with Gasteiger partial charge in [-0.2, -0.15) is 0 Å². The van der Waals surface area contributed by atoms with Gasteiger partial charge in [0.1, 0.15) is 6.79 Å². The van der Waals surface area contributed by atoms with Gasteiger partial charge in [0.15, 0.2) is 0 Å². The Morgan fingerprint density at radius 3 is 2.53 bits per heavy atom. The van der Waals surface area contributed by atoms with Gasteiger partial charge in [-0.3, -0.25) is 4.79 Å². The van der Waals surface area contributed by atoms with Crippen LogP contribution in [-0.2, 0) is 23.7 Å². The average Bonchev–Trinajstić information content (AvgIpc) is 3.65. The van der Waals surface area contributed by atoms with E-state index in [0.717, 1.165) is 51.5 Å². The molecule has 5 saturated carbocycles. The second-order valence-corrected chi connectivity index (χ2v) is 17.8. The van der Waals surface area contributed by atoms with Crippen LogP contribution < -0.4 is 11.1 Å². The zero-order valence-electron chi connectivity index (χ0n) is 30.3. The monoisotopic (exact) mass is 690 g/mol. The number of carbonyl (C=O) groups excluding carboxylic acids is 1. The van der Waals surface area contributed by atoms with Gasteiger partial charge in [0.2, 0.25) is 0 Å². The number of hydrogen-bond acceptors (Lipinski definition) is 10. The largest absolute Gasteiger partial charge is 0.465 e. The van der Waals surface area contributed by atoms with Crippen LogP contribution in [0.25, 0.3) is 0 Å². The Bertz CT molecular complexity index is 1130. The van der Waals surface area contributed by atoms with Crippen molar-refractivity contribution in [3.8, 4) is 0 Å². The molecule has 5 aliphatic carbocycles. The lowest BCUT2D eigenvalue weighted by Gasteiger charge is -2.61. The third kappa shape index (κ3) is 7.12. The van der Waals surface area contributed by atoms with Crippen LogP contribution in [0.3, 0.4) is 0 Å². The number of esters is 1. The first-order valence-corrected chi connectivity index (χ1v) is 20.0. The van der Waals surface area contributed by atoms with Crippen LogP contribution in [0.5, 0.6) is 0 Å². The first-order valence-electron chi connectivity index (χ1n) is 20.0. The van der Waals surface area contributed by atoms with E-state index in [-0.39, 0.29) is 66.7 Å². The zero-order valence-corrected chi connectivity index (χ0v) is 30.3. The Morgan fingerprint density at radius 1 is 0.959 bits per heavy atom. The molecule has 0 bridgehead atoms. The summed E-state index contributed by atoms with van der Waals surface area (Å²) >= 11 is 0. The van der Waals surface area contributed by atoms with E-state index >= 15 is 0 Å². The minimum Gasteiger partial charge on any atom is -0.465 e. The van der Waals surface area contributed by atoms with Gasteiger partial charge in [-0.05, 0) is 149 Å². The van der Waals surface area contributed by atoms with Gasteiger partial charge in [0.05, 0.1) is 49.4 Å². The van der Waals surface area contributed by atoms with Crippen molar-refractivity contribution < 1.29 is 39.1 Å². The molecule has 0 aromatic carbocycles. The molecule has 10 nitrogen and oxygen atoms in total. The topological polar surface area (TPSA) is 153 Å². The average molecular weight is 691 g/mol. The van der Waals surface area contributed by atoms with Crippen molar-refractivity contribution in [1.82, 2.24) is 5.32 Å². The van der Waals surface area contributed by atoms with Crippen molar-refractivity contribution in [1.29, 1.82) is 0 Å². The molecule has 18 atom stereocenters. The van der Waals surface area contributed by atoms with Crippen molar-refractivity contribution in [2.45, 2.75) is 147 Å². The fraction of sp³-hybridized carbons (Fsp3) is 0.974. The molecular weight excluding hydrogens is 624 g/mol. The number of nitrogens with two attached hydrogens (primary N) is 1. The first kappa shape index (κ1) is 36.5. The van der Waals surface area contributed by atoms with Gasteiger partial charge in [-0.1, -0.05) is 13.3 Å². The predicted molar refractivity (Wildman–Crippen MR) is 184 cm³/mol. The highest BCUT2D eigenvalue weighted by Crippen LogP contribution is 2.68. The molecule has 7 rings (SSSR count).